The maximum atomic E-state index is 13.8. The van der Waals surface area contributed by atoms with Crippen molar-refractivity contribution in [2.75, 3.05) is 11.5 Å². The van der Waals surface area contributed by atoms with E-state index in [-0.39, 0.29) is 36.3 Å². The Morgan fingerprint density at radius 3 is 1.90 bits per heavy atom. The largest absolute Gasteiger partial charge is 0.447 e. The molecule has 0 bridgehead atoms. The van der Waals surface area contributed by atoms with Gasteiger partial charge in [0.1, 0.15) is 6.61 Å². The summed E-state index contributed by atoms with van der Waals surface area (Å²) in [6.07, 6.45) is 0.270. The van der Waals surface area contributed by atoms with Crippen LogP contribution in [0.5, 0.6) is 0 Å². The molecule has 2 atom stereocenters. The van der Waals surface area contributed by atoms with E-state index in [1.807, 2.05) is 42.5 Å². The van der Waals surface area contributed by atoms with Crippen LogP contribution in [0, 0.1) is 5.41 Å². The van der Waals surface area contributed by atoms with Gasteiger partial charge in [0.2, 0.25) is 5.91 Å². The van der Waals surface area contributed by atoms with Crippen LogP contribution in [0.15, 0.2) is 115 Å². The summed E-state index contributed by atoms with van der Waals surface area (Å²) in [4.78, 5) is 30.3. The number of hydrogen-bond donors (Lipinski definition) is 0. The lowest BCUT2D eigenvalue weighted by Crippen LogP contribution is -2.41. The van der Waals surface area contributed by atoms with Crippen LogP contribution in [0.2, 0.25) is 0 Å². The molecule has 216 valence electrons. The van der Waals surface area contributed by atoms with Crippen molar-refractivity contribution in [2.24, 2.45) is 5.41 Å². The maximum Gasteiger partial charge on any atom is 0.416 e. The molecule has 0 radical (unpaired) electrons. The minimum Gasteiger partial charge on any atom is -0.447 e. The summed E-state index contributed by atoms with van der Waals surface area (Å²) >= 11 is 0. The van der Waals surface area contributed by atoms with E-state index >= 15 is 0 Å². The molecule has 0 aromatic heterocycles. The summed E-state index contributed by atoms with van der Waals surface area (Å²) < 4.78 is 5.37. The van der Waals surface area contributed by atoms with Crippen molar-refractivity contribution in [3.63, 3.8) is 0 Å². The summed E-state index contributed by atoms with van der Waals surface area (Å²) in [5, 5.41) is 0. The van der Waals surface area contributed by atoms with Gasteiger partial charge in [-0.2, -0.15) is 0 Å². The molecule has 5 rings (SSSR count). The Balaban J connectivity index is 1.40. The van der Waals surface area contributed by atoms with Crippen molar-refractivity contribution in [1.82, 2.24) is 4.90 Å². The third kappa shape index (κ3) is 7.27. The second kappa shape index (κ2) is 13.1. The standard InChI is InChI=1S/C37H40N2O3/c1-37(2,3)34(24-35(40)39-33(27-42-36(39)41)22-28-14-7-4-8-15-28)31-20-13-21-32(23-31)38(25-29-16-9-5-10-17-29)26-30-18-11-6-12-19-30/h4-21,23,33-34H,22,24-27H2,1-3H3/t33-,34+/m0/s1. The Kier molecular flexibility index (Phi) is 9.06. The highest BCUT2D eigenvalue weighted by atomic mass is 16.6. The number of anilines is 1. The van der Waals surface area contributed by atoms with Crippen LogP contribution in [0.25, 0.3) is 0 Å². The molecule has 0 aliphatic carbocycles. The number of carbonyl (C=O) groups excluding carboxylic acids is 2. The molecule has 2 amide bonds. The molecule has 1 fully saturated rings. The van der Waals surface area contributed by atoms with Gasteiger partial charge in [-0.1, -0.05) is 124 Å². The number of nitrogens with zero attached hydrogens (tertiary/aromatic N) is 2. The molecular weight excluding hydrogens is 520 g/mol. The molecule has 1 heterocycles. The molecule has 1 aliphatic rings. The summed E-state index contributed by atoms with van der Waals surface area (Å²) in [6, 6.07) is 39.2. The lowest BCUT2D eigenvalue weighted by molar-refractivity contribution is -0.130. The van der Waals surface area contributed by atoms with Gasteiger partial charge >= 0.3 is 6.09 Å². The molecule has 5 heteroatoms. The van der Waals surface area contributed by atoms with Crippen molar-refractivity contribution < 1.29 is 14.3 Å². The predicted octanol–water partition coefficient (Wildman–Crippen LogP) is 8.00. The minimum atomic E-state index is -0.542. The van der Waals surface area contributed by atoms with Crippen LogP contribution in [-0.4, -0.2) is 29.5 Å². The molecule has 0 saturated carbocycles. The van der Waals surface area contributed by atoms with Gasteiger partial charge < -0.3 is 9.64 Å². The number of ether oxygens (including phenoxy) is 1. The first-order valence-electron chi connectivity index (χ1n) is 14.7. The maximum absolute atomic E-state index is 13.8. The minimum absolute atomic E-state index is 0.0916. The molecule has 0 N–H and O–H groups in total. The van der Waals surface area contributed by atoms with Gasteiger partial charge in [0.05, 0.1) is 6.04 Å². The van der Waals surface area contributed by atoms with E-state index in [1.165, 1.54) is 16.0 Å². The van der Waals surface area contributed by atoms with Gasteiger partial charge in [-0.05, 0) is 52.1 Å². The third-order valence-corrected chi connectivity index (χ3v) is 8.04. The first-order valence-corrected chi connectivity index (χ1v) is 14.7. The van der Waals surface area contributed by atoms with Crippen LogP contribution < -0.4 is 4.90 Å². The van der Waals surface area contributed by atoms with Crippen LogP contribution in [0.1, 0.15) is 55.4 Å². The first kappa shape index (κ1) is 29.1. The molecule has 4 aromatic rings. The molecule has 1 saturated heterocycles. The number of cyclic esters (lactones) is 1. The van der Waals surface area contributed by atoms with Gasteiger partial charge in [-0.25, -0.2) is 9.69 Å². The molecule has 42 heavy (non-hydrogen) atoms. The lowest BCUT2D eigenvalue weighted by Gasteiger charge is -2.33. The molecular formula is C37H40N2O3. The van der Waals surface area contributed by atoms with Crippen LogP contribution in [0.4, 0.5) is 10.5 Å². The zero-order valence-electron chi connectivity index (χ0n) is 24.8. The average Bonchev–Trinajstić information content (AvgIpc) is 3.36. The number of carbonyl (C=O) groups is 2. The van der Waals surface area contributed by atoms with Crippen molar-refractivity contribution in [2.45, 2.75) is 58.7 Å². The summed E-state index contributed by atoms with van der Waals surface area (Å²) in [7, 11) is 0. The van der Waals surface area contributed by atoms with Crippen LogP contribution >= 0.6 is 0 Å². The third-order valence-electron chi connectivity index (χ3n) is 8.04. The van der Waals surface area contributed by atoms with Crippen molar-refractivity contribution in [1.29, 1.82) is 0 Å². The van der Waals surface area contributed by atoms with Crippen molar-refractivity contribution in [3.8, 4) is 0 Å². The van der Waals surface area contributed by atoms with Crippen LogP contribution in [-0.2, 0) is 29.0 Å². The normalized spacial score (nSPS) is 15.7. The fraction of sp³-hybridized carbons (Fsp3) is 0.297. The van der Waals surface area contributed by atoms with Gasteiger partial charge in [0, 0.05) is 25.2 Å². The highest BCUT2D eigenvalue weighted by Gasteiger charge is 2.40. The fourth-order valence-corrected chi connectivity index (χ4v) is 5.78. The fourth-order valence-electron chi connectivity index (χ4n) is 5.78. The van der Waals surface area contributed by atoms with E-state index in [9.17, 15) is 9.59 Å². The first-order chi connectivity index (χ1) is 20.3. The number of benzene rings is 4. The molecule has 4 aromatic carbocycles. The summed E-state index contributed by atoms with van der Waals surface area (Å²) in [5.74, 6) is -0.278. The van der Waals surface area contributed by atoms with E-state index in [4.69, 9.17) is 4.74 Å². The summed E-state index contributed by atoms with van der Waals surface area (Å²) in [5.41, 5.74) is 5.53. The second-order valence-electron chi connectivity index (χ2n) is 12.2. The second-order valence-corrected chi connectivity index (χ2v) is 12.2. The van der Waals surface area contributed by atoms with E-state index in [2.05, 4.69) is 98.5 Å². The number of imide groups is 1. The lowest BCUT2D eigenvalue weighted by atomic mass is 9.74. The van der Waals surface area contributed by atoms with E-state index in [0.29, 0.717) is 6.42 Å². The smallest absolute Gasteiger partial charge is 0.416 e. The molecule has 0 unspecified atom stereocenters. The molecule has 0 spiro atoms. The molecule has 1 aliphatic heterocycles. The zero-order chi connectivity index (χ0) is 29.5. The summed E-state index contributed by atoms with van der Waals surface area (Å²) in [6.45, 7) is 8.23. The number of rotatable bonds is 10. The van der Waals surface area contributed by atoms with Gasteiger partial charge in [-0.15, -0.1) is 0 Å². The predicted molar refractivity (Wildman–Crippen MR) is 168 cm³/mol. The Morgan fingerprint density at radius 1 is 0.810 bits per heavy atom. The highest BCUT2D eigenvalue weighted by Crippen LogP contribution is 2.40. The average molecular weight is 561 g/mol. The highest BCUT2D eigenvalue weighted by molar-refractivity contribution is 5.94. The van der Waals surface area contributed by atoms with Gasteiger partial charge in [0.25, 0.3) is 0 Å². The zero-order valence-corrected chi connectivity index (χ0v) is 24.8. The van der Waals surface area contributed by atoms with Gasteiger partial charge in [-0.3, -0.25) is 4.79 Å². The van der Waals surface area contributed by atoms with E-state index in [0.717, 1.165) is 29.9 Å². The van der Waals surface area contributed by atoms with Crippen molar-refractivity contribution in [3.05, 3.63) is 138 Å². The Morgan fingerprint density at radius 2 is 1.36 bits per heavy atom. The van der Waals surface area contributed by atoms with E-state index in [1.54, 1.807) is 0 Å². The number of amides is 2. The SMILES string of the molecule is CC(C)(C)[C@H](CC(=O)N1C(=O)OC[C@@H]1Cc1ccccc1)c1cccc(N(Cc2ccccc2)Cc2ccccc2)c1. The Labute approximate surface area is 249 Å². The molecule has 5 nitrogen and oxygen atoms in total. The monoisotopic (exact) mass is 560 g/mol. The van der Waals surface area contributed by atoms with Gasteiger partial charge in [0.15, 0.2) is 0 Å². The Hall–Kier alpha value is -4.38. The van der Waals surface area contributed by atoms with E-state index < -0.39 is 6.09 Å². The van der Waals surface area contributed by atoms with Crippen molar-refractivity contribution >= 4 is 17.7 Å². The van der Waals surface area contributed by atoms with Crippen LogP contribution in [0.3, 0.4) is 0 Å². The Bertz CT molecular complexity index is 1420. The topological polar surface area (TPSA) is 49.9 Å². The number of hydrogen-bond acceptors (Lipinski definition) is 4. The quantitative estimate of drug-likeness (QED) is 0.197.